The fraction of sp³-hybridized carbons (Fsp3) is 0.417. The van der Waals surface area contributed by atoms with Gasteiger partial charge in [-0.2, -0.15) is 0 Å². The zero-order chi connectivity index (χ0) is 12.0. The first-order chi connectivity index (χ1) is 7.74. The molecule has 3 nitrogen and oxygen atoms in total. The number of hydrogen-bond acceptors (Lipinski definition) is 3. The van der Waals surface area contributed by atoms with Gasteiger partial charge in [-0.15, -0.1) is 0 Å². The van der Waals surface area contributed by atoms with Crippen molar-refractivity contribution in [1.29, 1.82) is 0 Å². The van der Waals surface area contributed by atoms with Crippen molar-refractivity contribution in [2.75, 3.05) is 24.6 Å². The highest BCUT2D eigenvalue weighted by Gasteiger charge is 2.11. The summed E-state index contributed by atoms with van der Waals surface area (Å²) in [6, 6.07) is 5.40. The number of benzene rings is 1. The largest absolute Gasteiger partial charge is 0.396 e. The Morgan fingerprint density at radius 1 is 1.50 bits per heavy atom. The number of halogens is 1. The van der Waals surface area contributed by atoms with Crippen LogP contribution in [-0.2, 0) is 0 Å². The Morgan fingerprint density at radius 3 is 2.81 bits per heavy atom. The van der Waals surface area contributed by atoms with Gasteiger partial charge in [0.25, 0.3) is 0 Å². The topological polar surface area (TPSA) is 40.5 Å². The van der Waals surface area contributed by atoms with Gasteiger partial charge in [-0.05, 0) is 25.5 Å². The van der Waals surface area contributed by atoms with Gasteiger partial charge in [-0.3, -0.25) is 4.79 Å². The second-order valence-electron chi connectivity index (χ2n) is 3.45. The molecule has 0 fully saturated rings. The average molecular weight is 242 g/mol. The number of hydrogen-bond donors (Lipinski definition) is 1. The lowest BCUT2D eigenvalue weighted by Crippen LogP contribution is -2.25. The number of carbonyl (C=O) groups is 1. The molecule has 4 heteroatoms. The molecule has 0 amide bonds. The predicted molar refractivity (Wildman–Crippen MR) is 66.4 cm³/mol. The van der Waals surface area contributed by atoms with Crippen LogP contribution < -0.4 is 4.90 Å². The maximum absolute atomic E-state index is 11.0. The molecule has 88 valence electrons. The minimum Gasteiger partial charge on any atom is -0.396 e. The summed E-state index contributed by atoms with van der Waals surface area (Å²) < 4.78 is 0. The Hall–Kier alpha value is -1.06. The molecule has 0 saturated carbocycles. The third kappa shape index (κ3) is 2.97. The minimum absolute atomic E-state index is 0.146. The summed E-state index contributed by atoms with van der Waals surface area (Å²) in [6.45, 7) is 3.65. The second-order valence-corrected chi connectivity index (χ2v) is 3.85. The van der Waals surface area contributed by atoms with E-state index < -0.39 is 0 Å². The zero-order valence-electron chi connectivity index (χ0n) is 9.32. The summed E-state index contributed by atoms with van der Waals surface area (Å²) in [5, 5.41) is 9.28. The molecule has 0 radical (unpaired) electrons. The van der Waals surface area contributed by atoms with Crippen molar-refractivity contribution in [2.24, 2.45) is 0 Å². The molecule has 0 aliphatic heterocycles. The van der Waals surface area contributed by atoms with Crippen molar-refractivity contribution in [3.05, 3.63) is 28.8 Å². The molecule has 0 saturated heterocycles. The Labute approximate surface area is 101 Å². The SMILES string of the molecule is CCN(CCCO)c1cccc(Cl)c1C=O. The third-order valence-corrected chi connectivity index (χ3v) is 2.79. The van der Waals surface area contributed by atoms with Crippen molar-refractivity contribution in [1.82, 2.24) is 0 Å². The van der Waals surface area contributed by atoms with Gasteiger partial charge >= 0.3 is 0 Å². The maximum atomic E-state index is 11.0. The molecular formula is C12H16ClNO2. The standard InChI is InChI=1S/C12H16ClNO2/c1-2-14(7-4-8-15)12-6-3-5-11(13)10(12)9-16/h3,5-6,9,15H,2,4,7-8H2,1H3. The fourth-order valence-corrected chi connectivity index (χ4v) is 1.84. The van der Waals surface area contributed by atoms with Crippen LogP contribution in [0.3, 0.4) is 0 Å². The van der Waals surface area contributed by atoms with E-state index in [-0.39, 0.29) is 6.61 Å². The number of nitrogens with zero attached hydrogens (tertiary/aromatic N) is 1. The van der Waals surface area contributed by atoms with Gasteiger partial charge in [0.1, 0.15) is 0 Å². The number of aliphatic hydroxyl groups excluding tert-OH is 1. The molecular weight excluding hydrogens is 226 g/mol. The van der Waals surface area contributed by atoms with E-state index in [9.17, 15) is 4.79 Å². The first kappa shape index (κ1) is 13.0. The van der Waals surface area contributed by atoms with Crippen molar-refractivity contribution < 1.29 is 9.90 Å². The Bertz CT molecular complexity index is 355. The fourth-order valence-electron chi connectivity index (χ4n) is 1.63. The molecule has 0 aliphatic rings. The average Bonchev–Trinajstić information content (AvgIpc) is 2.30. The van der Waals surface area contributed by atoms with Gasteiger partial charge < -0.3 is 10.0 Å². The molecule has 0 bridgehead atoms. The van der Waals surface area contributed by atoms with Gasteiger partial charge in [0.15, 0.2) is 6.29 Å². The third-order valence-electron chi connectivity index (χ3n) is 2.46. The lowest BCUT2D eigenvalue weighted by Gasteiger charge is -2.24. The van der Waals surface area contributed by atoms with E-state index in [0.29, 0.717) is 23.6 Å². The quantitative estimate of drug-likeness (QED) is 0.778. The number of carbonyl (C=O) groups excluding carboxylic acids is 1. The van der Waals surface area contributed by atoms with Gasteiger partial charge in [-0.1, -0.05) is 17.7 Å². The second kappa shape index (κ2) is 6.51. The molecule has 1 aromatic rings. The lowest BCUT2D eigenvalue weighted by atomic mass is 10.1. The van der Waals surface area contributed by atoms with Gasteiger partial charge in [0, 0.05) is 25.4 Å². The molecule has 0 heterocycles. The first-order valence-electron chi connectivity index (χ1n) is 5.34. The molecule has 0 aliphatic carbocycles. The summed E-state index contributed by atoms with van der Waals surface area (Å²) in [5.74, 6) is 0. The van der Waals surface area contributed by atoms with Crippen LogP contribution in [0.2, 0.25) is 5.02 Å². The van der Waals surface area contributed by atoms with Gasteiger partial charge in [0.2, 0.25) is 0 Å². The predicted octanol–water partition coefficient (Wildman–Crippen LogP) is 2.36. The number of anilines is 1. The van der Waals surface area contributed by atoms with Crippen LogP contribution in [0.4, 0.5) is 5.69 Å². The summed E-state index contributed by atoms with van der Waals surface area (Å²) in [6.07, 6.45) is 1.46. The summed E-state index contributed by atoms with van der Waals surface area (Å²) in [5.41, 5.74) is 1.35. The smallest absolute Gasteiger partial charge is 0.153 e. The van der Waals surface area contributed by atoms with E-state index in [0.717, 1.165) is 18.5 Å². The number of aliphatic hydroxyl groups is 1. The summed E-state index contributed by atoms with van der Waals surface area (Å²) in [4.78, 5) is 13.0. The molecule has 16 heavy (non-hydrogen) atoms. The summed E-state index contributed by atoms with van der Waals surface area (Å²) in [7, 11) is 0. The molecule has 1 aromatic carbocycles. The van der Waals surface area contributed by atoms with Crippen molar-refractivity contribution in [3.8, 4) is 0 Å². The Balaban J connectivity index is 2.99. The van der Waals surface area contributed by atoms with E-state index in [1.54, 1.807) is 6.07 Å². The molecule has 0 spiro atoms. The van der Waals surface area contributed by atoms with E-state index in [1.807, 2.05) is 24.0 Å². The minimum atomic E-state index is 0.146. The van der Waals surface area contributed by atoms with Gasteiger partial charge in [-0.25, -0.2) is 0 Å². The highest BCUT2D eigenvalue weighted by molar-refractivity contribution is 6.33. The van der Waals surface area contributed by atoms with E-state index in [1.165, 1.54) is 0 Å². The molecule has 1 N–H and O–H groups in total. The van der Waals surface area contributed by atoms with Crippen LogP contribution in [0.15, 0.2) is 18.2 Å². The Kier molecular flexibility index (Phi) is 5.29. The van der Waals surface area contributed by atoms with Crippen LogP contribution in [-0.4, -0.2) is 31.1 Å². The Morgan fingerprint density at radius 2 is 2.25 bits per heavy atom. The van der Waals surface area contributed by atoms with Crippen molar-refractivity contribution in [3.63, 3.8) is 0 Å². The van der Waals surface area contributed by atoms with Crippen LogP contribution >= 0.6 is 11.6 Å². The molecule has 1 rings (SSSR count). The molecule has 0 unspecified atom stereocenters. The highest BCUT2D eigenvalue weighted by atomic mass is 35.5. The maximum Gasteiger partial charge on any atom is 0.153 e. The van der Waals surface area contributed by atoms with E-state index in [2.05, 4.69) is 0 Å². The summed E-state index contributed by atoms with van der Waals surface area (Å²) >= 11 is 5.96. The number of rotatable bonds is 6. The zero-order valence-corrected chi connectivity index (χ0v) is 10.1. The monoisotopic (exact) mass is 241 g/mol. The van der Waals surface area contributed by atoms with E-state index >= 15 is 0 Å². The first-order valence-corrected chi connectivity index (χ1v) is 5.71. The lowest BCUT2D eigenvalue weighted by molar-refractivity contribution is 0.112. The number of aldehydes is 1. The normalized spacial score (nSPS) is 10.2. The van der Waals surface area contributed by atoms with Crippen molar-refractivity contribution in [2.45, 2.75) is 13.3 Å². The van der Waals surface area contributed by atoms with Crippen LogP contribution in [0.1, 0.15) is 23.7 Å². The highest BCUT2D eigenvalue weighted by Crippen LogP contribution is 2.25. The van der Waals surface area contributed by atoms with E-state index in [4.69, 9.17) is 16.7 Å². The molecule has 0 aromatic heterocycles. The van der Waals surface area contributed by atoms with Crippen LogP contribution in [0, 0.1) is 0 Å². The van der Waals surface area contributed by atoms with Crippen LogP contribution in [0.25, 0.3) is 0 Å². The van der Waals surface area contributed by atoms with Crippen LogP contribution in [0.5, 0.6) is 0 Å². The van der Waals surface area contributed by atoms with Gasteiger partial charge in [0.05, 0.1) is 10.6 Å². The molecule has 0 atom stereocenters. The van der Waals surface area contributed by atoms with Crippen molar-refractivity contribution >= 4 is 23.6 Å².